The van der Waals surface area contributed by atoms with E-state index in [1.807, 2.05) is 0 Å². The van der Waals surface area contributed by atoms with Crippen LogP contribution in [0.4, 0.5) is 0 Å². The average molecular weight is 167 g/mol. The molecule has 1 saturated carbocycles. The minimum Gasteiger partial charge on any atom is -0.469 e. The van der Waals surface area contributed by atoms with Crippen molar-refractivity contribution in [3.05, 3.63) is 12.2 Å². The zero-order chi connectivity index (χ0) is 8.72. The van der Waals surface area contributed by atoms with E-state index in [2.05, 4.69) is 12.2 Å². The lowest BCUT2D eigenvalue weighted by molar-refractivity contribution is -0.146. The van der Waals surface area contributed by atoms with Crippen molar-refractivity contribution < 1.29 is 9.53 Å². The Morgan fingerprint density at radius 1 is 1.50 bits per heavy atom. The van der Waals surface area contributed by atoms with Crippen LogP contribution in [0.2, 0.25) is 0 Å². The van der Waals surface area contributed by atoms with Crippen LogP contribution in [0, 0.1) is 17.8 Å². The number of hydrogen-bond acceptors (Lipinski definition) is 3. The molecule has 2 bridgehead atoms. The summed E-state index contributed by atoms with van der Waals surface area (Å²) in [5.74, 6) is 0.487. The second kappa shape index (κ2) is 2.59. The number of carbonyl (C=O) groups excluding carboxylic acids is 1. The Labute approximate surface area is 71.6 Å². The van der Waals surface area contributed by atoms with Crippen LogP contribution in [-0.4, -0.2) is 19.1 Å². The largest absolute Gasteiger partial charge is 0.469 e. The maximum atomic E-state index is 11.3. The summed E-state index contributed by atoms with van der Waals surface area (Å²) in [6.45, 7) is 0. The molecule has 1 fully saturated rings. The van der Waals surface area contributed by atoms with Gasteiger partial charge in [-0.2, -0.15) is 0 Å². The molecule has 12 heavy (non-hydrogen) atoms. The zero-order valence-electron chi connectivity index (χ0n) is 7.07. The van der Waals surface area contributed by atoms with Crippen molar-refractivity contribution in [1.82, 2.24) is 0 Å². The molecule has 3 unspecified atom stereocenters. The Kier molecular flexibility index (Phi) is 1.68. The lowest BCUT2D eigenvalue weighted by Gasteiger charge is -2.21. The predicted octanol–water partition coefficient (Wildman–Crippen LogP) is 0.309. The van der Waals surface area contributed by atoms with E-state index in [1.165, 1.54) is 7.11 Å². The Morgan fingerprint density at radius 2 is 2.17 bits per heavy atom. The fourth-order valence-electron chi connectivity index (χ4n) is 2.33. The van der Waals surface area contributed by atoms with E-state index in [9.17, 15) is 4.79 Å². The maximum Gasteiger partial charge on any atom is 0.310 e. The van der Waals surface area contributed by atoms with Crippen molar-refractivity contribution >= 4 is 5.97 Å². The second-order valence-electron chi connectivity index (χ2n) is 3.57. The third-order valence-electron chi connectivity index (χ3n) is 2.99. The van der Waals surface area contributed by atoms with E-state index < -0.39 is 0 Å². The fraction of sp³-hybridized carbons (Fsp3) is 0.667. The predicted molar refractivity (Wildman–Crippen MR) is 44.2 cm³/mol. The third kappa shape index (κ3) is 0.894. The second-order valence-corrected chi connectivity index (χ2v) is 3.57. The number of carbonyl (C=O) groups is 1. The van der Waals surface area contributed by atoms with Crippen LogP contribution in [0.5, 0.6) is 0 Å². The molecule has 3 nitrogen and oxygen atoms in total. The zero-order valence-corrected chi connectivity index (χ0v) is 7.07. The van der Waals surface area contributed by atoms with Crippen molar-refractivity contribution in [2.75, 3.05) is 7.11 Å². The Bertz CT molecular complexity index is 237. The molecule has 0 aliphatic heterocycles. The van der Waals surface area contributed by atoms with Crippen molar-refractivity contribution in [1.29, 1.82) is 0 Å². The van der Waals surface area contributed by atoms with Gasteiger partial charge >= 0.3 is 5.97 Å². The van der Waals surface area contributed by atoms with Gasteiger partial charge in [-0.15, -0.1) is 0 Å². The highest BCUT2D eigenvalue weighted by molar-refractivity contribution is 5.75. The van der Waals surface area contributed by atoms with Crippen molar-refractivity contribution in [2.45, 2.75) is 12.5 Å². The minimum absolute atomic E-state index is 0.0209. The van der Waals surface area contributed by atoms with Gasteiger partial charge in [0.25, 0.3) is 0 Å². The third-order valence-corrected chi connectivity index (χ3v) is 2.99. The molecular formula is C9H13NO2. The summed E-state index contributed by atoms with van der Waals surface area (Å²) in [5.41, 5.74) is 5.89. The van der Waals surface area contributed by atoms with Gasteiger partial charge in [-0.25, -0.2) is 0 Å². The van der Waals surface area contributed by atoms with Crippen molar-refractivity contribution in [3.63, 3.8) is 0 Å². The van der Waals surface area contributed by atoms with Gasteiger partial charge < -0.3 is 10.5 Å². The van der Waals surface area contributed by atoms with Crippen molar-refractivity contribution in [2.24, 2.45) is 23.5 Å². The maximum absolute atomic E-state index is 11.3. The average Bonchev–Trinajstić information content (AvgIpc) is 2.63. The number of hydrogen-bond donors (Lipinski definition) is 1. The summed E-state index contributed by atoms with van der Waals surface area (Å²) >= 11 is 0. The molecule has 0 saturated heterocycles. The van der Waals surface area contributed by atoms with E-state index in [1.54, 1.807) is 0 Å². The van der Waals surface area contributed by atoms with Gasteiger partial charge in [-0.1, -0.05) is 12.2 Å². The van der Waals surface area contributed by atoms with E-state index >= 15 is 0 Å². The monoisotopic (exact) mass is 167 g/mol. The van der Waals surface area contributed by atoms with Crippen LogP contribution >= 0.6 is 0 Å². The molecule has 0 aromatic rings. The van der Waals surface area contributed by atoms with Crippen LogP contribution in [0.25, 0.3) is 0 Å². The summed E-state index contributed by atoms with van der Waals surface area (Å²) < 4.78 is 4.70. The van der Waals surface area contributed by atoms with Crippen LogP contribution < -0.4 is 5.73 Å². The number of rotatable bonds is 1. The van der Waals surface area contributed by atoms with Crippen LogP contribution in [0.15, 0.2) is 12.2 Å². The van der Waals surface area contributed by atoms with Crippen LogP contribution in [0.1, 0.15) is 6.42 Å². The summed E-state index contributed by atoms with van der Waals surface area (Å²) in [7, 11) is 1.42. The first kappa shape index (κ1) is 7.80. The highest BCUT2D eigenvalue weighted by Gasteiger charge is 2.46. The molecule has 2 aliphatic rings. The molecule has 4 atom stereocenters. The first-order valence-corrected chi connectivity index (χ1v) is 4.26. The quantitative estimate of drug-likeness (QED) is 0.451. The summed E-state index contributed by atoms with van der Waals surface area (Å²) in [6.07, 6.45) is 5.24. The highest BCUT2D eigenvalue weighted by atomic mass is 16.5. The van der Waals surface area contributed by atoms with Gasteiger partial charge in [0, 0.05) is 6.04 Å². The first-order valence-electron chi connectivity index (χ1n) is 4.26. The van der Waals surface area contributed by atoms with Crippen LogP contribution in [-0.2, 0) is 9.53 Å². The van der Waals surface area contributed by atoms with Gasteiger partial charge in [0.2, 0.25) is 0 Å². The Balaban J connectivity index is 2.18. The van der Waals surface area contributed by atoms with Gasteiger partial charge in [0.05, 0.1) is 13.0 Å². The van der Waals surface area contributed by atoms with Gasteiger partial charge in [0.15, 0.2) is 0 Å². The number of allylic oxidation sites excluding steroid dienone is 1. The molecule has 66 valence electrons. The minimum atomic E-state index is -0.153. The Hall–Kier alpha value is -0.830. The molecule has 2 aliphatic carbocycles. The molecule has 0 radical (unpaired) electrons. The summed E-state index contributed by atoms with van der Waals surface area (Å²) in [6, 6.07) is -0.0209. The molecule has 2 rings (SSSR count). The normalized spacial score (nSPS) is 43.5. The SMILES string of the molecule is COC(=O)C1C2C=CC(C2)[C@@H]1N. The molecule has 3 heteroatoms. The number of nitrogens with two attached hydrogens (primary N) is 1. The molecule has 2 N–H and O–H groups in total. The van der Waals surface area contributed by atoms with Crippen LogP contribution in [0.3, 0.4) is 0 Å². The summed E-state index contributed by atoms with van der Waals surface area (Å²) in [5, 5.41) is 0. The first-order chi connectivity index (χ1) is 5.74. The molecule has 0 spiro atoms. The van der Waals surface area contributed by atoms with Gasteiger partial charge in [-0.05, 0) is 18.3 Å². The lowest BCUT2D eigenvalue weighted by atomic mass is 9.90. The molecule has 0 amide bonds. The number of esters is 1. The summed E-state index contributed by atoms with van der Waals surface area (Å²) in [4.78, 5) is 11.3. The molecular weight excluding hydrogens is 154 g/mol. The number of ether oxygens (including phenoxy) is 1. The molecule has 0 heterocycles. The number of fused-ring (bicyclic) bond motifs is 2. The molecule has 0 aromatic heterocycles. The van der Waals surface area contributed by atoms with E-state index in [-0.39, 0.29) is 17.9 Å². The van der Waals surface area contributed by atoms with E-state index in [0.717, 1.165) is 6.42 Å². The van der Waals surface area contributed by atoms with E-state index in [4.69, 9.17) is 10.5 Å². The van der Waals surface area contributed by atoms with Gasteiger partial charge in [-0.3, -0.25) is 4.79 Å². The Morgan fingerprint density at radius 3 is 2.67 bits per heavy atom. The van der Waals surface area contributed by atoms with E-state index in [0.29, 0.717) is 11.8 Å². The number of methoxy groups -OCH3 is 1. The standard InChI is InChI=1S/C9H13NO2/c1-12-9(11)7-5-2-3-6(4-5)8(7)10/h2-3,5-8H,4,10H2,1H3/t5?,6?,7?,8-/m0/s1. The van der Waals surface area contributed by atoms with Crippen molar-refractivity contribution in [3.8, 4) is 0 Å². The topological polar surface area (TPSA) is 52.3 Å². The van der Waals surface area contributed by atoms with Gasteiger partial charge in [0.1, 0.15) is 0 Å². The highest BCUT2D eigenvalue weighted by Crippen LogP contribution is 2.42. The fourth-order valence-corrected chi connectivity index (χ4v) is 2.33. The smallest absolute Gasteiger partial charge is 0.310 e. The molecule has 0 aromatic carbocycles. The lowest BCUT2D eigenvalue weighted by Crippen LogP contribution is -2.39.